The second-order valence-electron chi connectivity index (χ2n) is 6.46. The van der Waals surface area contributed by atoms with Crippen LogP contribution < -0.4 is 9.80 Å². The molecular formula is C18H23N5. The highest BCUT2D eigenvalue weighted by Gasteiger charge is 2.23. The van der Waals surface area contributed by atoms with Crippen LogP contribution in [0.15, 0.2) is 24.7 Å². The van der Waals surface area contributed by atoms with E-state index in [4.69, 9.17) is 0 Å². The van der Waals surface area contributed by atoms with Gasteiger partial charge in [-0.1, -0.05) is 0 Å². The second kappa shape index (κ2) is 6.14. The van der Waals surface area contributed by atoms with Crippen LogP contribution in [0.5, 0.6) is 0 Å². The molecule has 23 heavy (non-hydrogen) atoms. The van der Waals surface area contributed by atoms with Crippen molar-refractivity contribution >= 4 is 11.5 Å². The van der Waals surface area contributed by atoms with Crippen LogP contribution in [0.4, 0.5) is 11.5 Å². The lowest BCUT2D eigenvalue weighted by Crippen LogP contribution is -2.31. The summed E-state index contributed by atoms with van der Waals surface area (Å²) < 4.78 is 0. The molecular weight excluding hydrogens is 286 g/mol. The molecule has 0 spiro atoms. The minimum Gasteiger partial charge on any atom is -0.370 e. The van der Waals surface area contributed by atoms with Crippen LogP contribution in [-0.2, 0) is 12.8 Å². The van der Waals surface area contributed by atoms with Crippen molar-refractivity contribution in [2.24, 2.45) is 0 Å². The van der Waals surface area contributed by atoms with Gasteiger partial charge >= 0.3 is 0 Å². The molecule has 1 saturated heterocycles. The van der Waals surface area contributed by atoms with Gasteiger partial charge in [0.15, 0.2) is 0 Å². The minimum absolute atomic E-state index is 1.02. The minimum atomic E-state index is 1.02. The fourth-order valence-corrected chi connectivity index (χ4v) is 3.73. The van der Waals surface area contributed by atoms with E-state index in [0.717, 1.165) is 51.1 Å². The number of aromatic nitrogens is 3. The first-order valence-corrected chi connectivity index (χ1v) is 8.56. The first kappa shape index (κ1) is 14.4. The normalized spacial score (nSPS) is 18.0. The highest BCUT2D eigenvalue weighted by atomic mass is 15.3. The lowest BCUT2D eigenvalue weighted by atomic mass is 10.2. The molecule has 4 rings (SSSR count). The molecule has 0 radical (unpaired) electrons. The van der Waals surface area contributed by atoms with Crippen molar-refractivity contribution < 1.29 is 0 Å². The number of pyridine rings is 1. The number of hydrogen-bond acceptors (Lipinski definition) is 5. The van der Waals surface area contributed by atoms with E-state index < -0.39 is 0 Å². The zero-order chi connectivity index (χ0) is 15.6. The lowest BCUT2D eigenvalue weighted by molar-refractivity contribution is 0.788. The highest BCUT2D eigenvalue weighted by molar-refractivity contribution is 5.52. The van der Waals surface area contributed by atoms with Crippen molar-refractivity contribution in [1.29, 1.82) is 0 Å². The molecule has 5 heteroatoms. The summed E-state index contributed by atoms with van der Waals surface area (Å²) in [6.07, 6.45) is 8.27. The molecule has 0 N–H and O–H groups in total. The topological polar surface area (TPSA) is 45.2 Å². The maximum absolute atomic E-state index is 4.61. The molecule has 120 valence electrons. The van der Waals surface area contributed by atoms with E-state index in [-0.39, 0.29) is 0 Å². The monoisotopic (exact) mass is 309 g/mol. The van der Waals surface area contributed by atoms with E-state index in [9.17, 15) is 0 Å². The number of fused-ring (bicyclic) bond motifs is 1. The average Bonchev–Trinajstić information content (AvgIpc) is 2.91. The maximum atomic E-state index is 4.61. The van der Waals surface area contributed by atoms with E-state index in [1.54, 1.807) is 6.33 Å². The number of hydrogen-bond donors (Lipinski definition) is 0. The Morgan fingerprint density at radius 3 is 2.70 bits per heavy atom. The van der Waals surface area contributed by atoms with Gasteiger partial charge in [-0.15, -0.1) is 0 Å². The van der Waals surface area contributed by atoms with Gasteiger partial charge in [0.05, 0.1) is 0 Å². The zero-order valence-electron chi connectivity index (χ0n) is 13.7. The predicted molar refractivity (Wildman–Crippen MR) is 92.1 cm³/mol. The van der Waals surface area contributed by atoms with E-state index >= 15 is 0 Å². The molecule has 0 unspecified atom stereocenters. The van der Waals surface area contributed by atoms with Crippen LogP contribution >= 0.6 is 0 Å². The van der Waals surface area contributed by atoms with Gasteiger partial charge in [-0.25, -0.2) is 9.97 Å². The fourth-order valence-electron chi connectivity index (χ4n) is 3.73. The van der Waals surface area contributed by atoms with Gasteiger partial charge in [0.1, 0.15) is 12.1 Å². The number of nitrogens with zero attached hydrogens (tertiary/aromatic N) is 5. The molecule has 2 aromatic rings. The first-order valence-electron chi connectivity index (χ1n) is 8.56. The molecule has 1 aliphatic carbocycles. The Morgan fingerprint density at radius 2 is 1.78 bits per heavy atom. The highest BCUT2D eigenvalue weighted by Crippen LogP contribution is 2.28. The quantitative estimate of drug-likeness (QED) is 0.852. The van der Waals surface area contributed by atoms with Gasteiger partial charge in [-0.2, -0.15) is 0 Å². The first-order chi connectivity index (χ1) is 11.3. The summed E-state index contributed by atoms with van der Waals surface area (Å²) in [5, 5.41) is 0. The lowest BCUT2D eigenvalue weighted by Gasteiger charge is -2.25. The molecule has 1 fully saturated rings. The van der Waals surface area contributed by atoms with Crippen molar-refractivity contribution in [2.45, 2.75) is 32.6 Å². The van der Waals surface area contributed by atoms with E-state index in [2.05, 4.69) is 43.8 Å². The van der Waals surface area contributed by atoms with Gasteiger partial charge in [0.25, 0.3) is 0 Å². The summed E-state index contributed by atoms with van der Waals surface area (Å²) in [5.41, 5.74) is 5.02. The largest absolute Gasteiger partial charge is 0.370 e. The fraction of sp³-hybridized carbons (Fsp3) is 0.500. The van der Waals surface area contributed by atoms with Gasteiger partial charge in [0, 0.05) is 55.0 Å². The predicted octanol–water partition coefficient (Wildman–Crippen LogP) is 2.39. The Labute approximate surface area is 137 Å². The molecule has 2 aromatic heterocycles. The summed E-state index contributed by atoms with van der Waals surface area (Å²) in [6.45, 7) is 6.27. The van der Waals surface area contributed by atoms with Crippen LogP contribution in [0, 0.1) is 6.92 Å². The molecule has 0 saturated carbocycles. The Morgan fingerprint density at radius 1 is 0.913 bits per heavy atom. The van der Waals surface area contributed by atoms with E-state index in [1.165, 1.54) is 29.2 Å². The standard InChI is InChI=1S/C18H23N5/c1-14-12-15(6-7-19-14)22-8-3-9-23(11-10-22)18-16-4-2-5-17(16)20-13-21-18/h6-7,12-13H,2-5,8-11H2,1H3. The van der Waals surface area contributed by atoms with Crippen molar-refractivity contribution in [1.82, 2.24) is 15.0 Å². The Balaban J connectivity index is 1.53. The van der Waals surface area contributed by atoms with Gasteiger partial charge in [0.2, 0.25) is 0 Å². The Kier molecular flexibility index (Phi) is 3.85. The summed E-state index contributed by atoms with van der Waals surface area (Å²) in [7, 11) is 0. The molecule has 0 bridgehead atoms. The number of anilines is 2. The summed E-state index contributed by atoms with van der Waals surface area (Å²) in [5.74, 6) is 1.18. The summed E-state index contributed by atoms with van der Waals surface area (Å²) in [6, 6.07) is 4.29. The van der Waals surface area contributed by atoms with E-state index in [1.807, 2.05) is 6.20 Å². The van der Waals surface area contributed by atoms with Crippen molar-refractivity contribution in [2.75, 3.05) is 36.0 Å². The molecule has 3 heterocycles. The van der Waals surface area contributed by atoms with Crippen molar-refractivity contribution in [3.63, 3.8) is 0 Å². The molecule has 2 aliphatic rings. The average molecular weight is 309 g/mol. The third kappa shape index (κ3) is 2.87. The van der Waals surface area contributed by atoms with Gasteiger partial charge in [-0.3, -0.25) is 4.98 Å². The van der Waals surface area contributed by atoms with Crippen LogP contribution in [-0.4, -0.2) is 41.1 Å². The zero-order valence-corrected chi connectivity index (χ0v) is 13.7. The summed E-state index contributed by atoms with van der Waals surface area (Å²) in [4.78, 5) is 18.3. The van der Waals surface area contributed by atoms with Gasteiger partial charge < -0.3 is 9.80 Å². The SMILES string of the molecule is Cc1cc(N2CCCN(c3ncnc4c3CCC4)CC2)ccn1. The van der Waals surface area contributed by atoms with Gasteiger partial charge in [-0.05, 0) is 44.7 Å². The maximum Gasteiger partial charge on any atom is 0.135 e. The third-order valence-electron chi connectivity index (χ3n) is 4.89. The smallest absolute Gasteiger partial charge is 0.135 e. The second-order valence-corrected chi connectivity index (χ2v) is 6.46. The van der Waals surface area contributed by atoms with Crippen molar-refractivity contribution in [3.05, 3.63) is 41.6 Å². The van der Waals surface area contributed by atoms with Crippen LogP contribution in [0.2, 0.25) is 0 Å². The Hall–Kier alpha value is -2.17. The molecule has 0 atom stereocenters. The number of rotatable bonds is 2. The molecule has 5 nitrogen and oxygen atoms in total. The van der Waals surface area contributed by atoms with Crippen LogP contribution in [0.1, 0.15) is 29.8 Å². The van der Waals surface area contributed by atoms with Crippen LogP contribution in [0.25, 0.3) is 0 Å². The molecule has 0 aromatic carbocycles. The number of aryl methyl sites for hydroxylation is 2. The molecule has 0 amide bonds. The van der Waals surface area contributed by atoms with E-state index in [0.29, 0.717) is 0 Å². The molecule has 1 aliphatic heterocycles. The Bertz CT molecular complexity index is 700. The van der Waals surface area contributed by atoms with Crippen LogP contribution in [0.3, 0.4) is 0 Å². The van der Waals surface area contributed by atoms with Crippen molar-refractivity contribution in [3.8, 4) is 0 Å². The summed E-state index contributed by atoms with van der Waals surface area (Å²) >= 11 is 0. The third-order valence-corrected chi connectivity index (χ3v) is 4.89.